The Morgan fingerprint density at radius 3 is 2.41 bits per heavy atom. The van der Waals surface area contributed by atoms with Gasteiger partial charge in [-0.25, -0.2) is 18.1 Å². The first-order valence-corrected chi connectivity index (χ1v) is 12.2. The lowest BCUT2D eigenvalue weighted by Crippen LogP contribution is -2.23. The second kappa shape index (κ2) is 9.60. The Kier molecular flexibility index (Phi) is 7.07. The van der Waals surface area contributed by atoms with Gasteiger partial charge in [-0.15, -0.1) is 11.3 Å². The number of hydrogen-bond donors (Lipinski definition) is 3. The Morgan fingerprint density at radius 2 is 1.78 bits per heavy atom. The smallest absolute Gasteiger partial charge is 0.257 e. The summed E-state index contributed by atoms with van der Waals surface area (Å²) in [4.78, 5) is 28.5. The molecule has 2 aromatic carbocycles. The molecular weight excluding hydrogens is 448 g/mol. The topological polar surface area (TPSA) is 117 Å². The predicted molar refractivity (Wildman–Crippen MR) is 125 cm³/mol. The van der Waals surface area contributed by atoms with Crippen molar-refractivity contribution < 1.29 is 18.0 Å². The van der Waals surface area contributed by atoms with Gasteiger partial charge in [-0.3, -0.25) is 14.9 Å². The molecule has 0 aliphatic carbocycles. The molecule has 0 saturated heterocycles. The number of nitrogens with zero attached hydrogens (tertiary/aromatic N) is 1. The van der Waals surface area contributed by atoms with Gasteiger partial charge >= 0.3 is 0 Å². The van der Waals surface area contributed by atoms with Crippen LogP contribution < -0.4 is 15.4 Å². The van der Waals surface area contributed by atoms with E-state index < -0.39 is 15.9 Å². The summed E-state index contributed by atoms with van der Waals surface area (Å²) in [6, 6.07) is 12.0. The first-order chi connectivity index (χ1) is 15.1. The lowest BCUT2D eigenvalue weighted by Gasteiger charge is -2.13. The highest BCUT2D eigenvalue weighted by Crippen LogP contribution is 2.27. The van der Waals surface area contributed by atoms with Crippen molar-refractivity contribution in [2.75, 3.05) is 12.4 Å². The fraction of sp³-hybridized carbons (Fsp3) is 0.227. The van der Waals surface area contributed by atoms with E-state index in [1.807, 2.05) is 36.6 Å². The van der Waals surface area contributed by atoms with Gasteiger partial charge < -0.3 is 5.32 Å². The fourth-order valence-electron chi connectivity index (χ4n) is 3.09. The molecule has 0 saturated carbocycles. The van der Waals surface area contributed by atoms with Crippen LogP contribution in [0.3, 0.4) is 0 Å². The molecule has 32 heavy (non-hydrogen) atoms. The van der Waals surface area contributed by atoms with E-state index in [9.17, 15) is 18.0 Å². The predicted octanol–water partition coefficient (Wildman–Crippen LogP) is 3.48. The molecule has 0 spiro atoms. The number of thiazole rings is 1. The van der Waals surface area contributed by atoms with Gasteiger partial charge in [0.15, 0.2) is 5.13 Å². The summed E-state index contributed by atoms with van der Waals surface area (Å²) >= 11 is 1.28. The first-order valence-electron chi connectivity index (χ1n) is 9.79. The summed E-state index contributed by atoms with van der Waals surface area (Å²) in [5.74, 6) is -0.526. The number of amides is 2. The van der Waals surface area contributed by atoms with E-state index in [4.69, 9.17) is 0 Å². The zero-order valence-corrected chi connectivity index (χ0v) is 19.7. The summed E-state index contributed by atoms with van der Waals surface area (Å²) in [5, 5.41) is 7.82. The number of aromatic nitrogens is 1. The number of hydrogen-bond acceptors (Lipinski definition) is 6. The summed E-state index contributed by atoms with van der Waals surface area (Å²) in [7, 11) is -2.34. The molecule has 3 aromatic rings. The lowest BCUT2D eigenvalue weighted by atomic mass is 10.1. The SMILES string of the molecule is CNS(=O)(=O)c1ccc(C)c(C(=O)Nc2nc(-c3ccc(C(C)NC(C)=O)cc3)cs2)c1. The van der Waals surface area contributed by atoms with Crippen molar-refractivity contribution in [1.29, 1.82) is 0 Å². The number of nitrogens with one attached hydrogen (secondary N) is 3. The van der Waals surface area contributed by atoms with Crippen LogP contribution in [0.1, 0.15) is 41.4 Å². The van der Waals surface area contributed by atoms with E-state index in [0.717, 1.165) is 11.1 Å². The number of rotatable bonds is 7. The van der Waals surface area contributed by atoms with Crippen molar-refractivity contribution in [2.24, 2.45) is 0 Å². The number of carbonyl (C=O) groups excluding carboxylic acids is 2. The van der Waals surface area contributed by atoms with E-state index in [1.54, 1.807) is 13.0 Å². The van der Waals surface area contributed by atoms with Gasteiger partial charge in [0.25, 0.3) is 5.91 Å². The van der Waals surface area contributed by atoms with Crippen LogP contribution in [0.4, 0.5) is 5.13 Å². The minimum Gasteiger partial charge on any atom is -0.350 e. The Morgan fingerprint density at radius 1 is 1.09 bits per heavy atom. The quantitative estimate of drug-likeness (QED) is 0.487. The maximum atomic E-state index is 12.8. The van der Waals surface area contributed by atoms with Crippen molar-refractivity contribution in [1.82, 2.24) is 15.0 Å². The highest BCUT2D eigenvalue weighted by Gasteiger charge is 2.18. The van der Waals surface area contributed by atoms with Crippen LogP contribution in [-0.2, 0) is 14.8 Å². The van der Waals surface area contributed by atoms with Crippen molar-refractivity contribution in [2.45, 2.75) is 31.7 Å². The largest absolute Gasteiger partial charge is 0.350 e. The number of benzene rings is 2. The molecule has 3 N–H and O–H groups in total. The molecule has 0 aliphatic heterocycles. The maximum absolute atomic E-state index is 12.8. The van der Waals surface area contributed by atoms with Gasteiger partial charge in [-0.1, -0.05) is 30.3 Å². The molecule has 168 valence electrons. The normalized spacial score (nSPS) is 12.2. The molecule has 0 fully saturated rings. The van der Waals surface area contributed by atoms with E-state index in [1.165, 1.54) is 37.4 Å². The van der Waals surface area contributed by atoms with E-state index in [0.29, 0.717) is 16.4 Å². The molecule has 10 heteroatoms. The van der Waals surface area contributed by atoms with Gasteiger partial charge in [0, 0.05) is 23.4 Å². The summed E-state index contributed by atoms with van der Waals surface area (Å²) in [5.41, 5.74) is 3.46. The van der Waals surface area contributed by atoms with Crippen molar-refractivity contribution >= 4 is 38.3 Å². The van der Waals surface area contributed by atoms with Gasteiger partial charge in [0.05, 0.1) is 16.6 Å². The number of aryl methyl sites for hydroxylation is 1. The molecule has 0 aliphatic rings. The van der Waals surface area contributed by atoms with Crippen LogP contribution in [0, 0.1) is 6.92 Å². The second-order valence-corrected chi connectivity index (χ2v) is 9.97. The third-order valence-electron chi connectivity index (χ3n) is 4.88. The second-order valence-electron chi connectivity index (χ2n) is 7.22. The maximum Gasteiger partial charge on any atom is 0.257 e. The van der Waals surface area contributed by atoms with E-state index in [-0.39, 0.29) is 22.4 Å². The van der Waals surface area contributed by atoms with Crippen LogP contribution in [0.2, 0.25) is 0 Å². The molecule has 8 nitrogen and oxygen atoms in total. The van der Waals surface area contributed by atoms with Gasteiger partial charge in [0.2, 0.25) is 15.9 Å². The zero-order valence-electron chi connectivity index (χ0n) is 18.1. The highest BCUT2D eigenvalue weighted by molar-refractivity contribution is 7.89. The van der Waals surface area contributed by atoms with Crippen LogP contribution in [0.15, 0.2) is 52.7 Å². The molecular formula is C22H24N4O4S2. The van der Waals surface area contributed by atoms with Crippen molar-refractivity contribution in [3.05, 3.63) is 64.5 Å². The number of sulfonamides is 1. The monoisotopic (exact) mass is 472 g/mol. The zero-order chi connectivity index (χ0) is 23.5. The molecule has 1 aromatic heterocycles. The minimum atomic E-state index is -3.66. The minimum absolute atomic E-state index is 0.0177. The van der Waals surface area contributed by atoms with E-state index in [2.05, 4.69) is 20.3 Å². The Labute approximate surface area is 191 Å². The van der Waals surface area contributed by atoms with Crippen LogP contribution in [0.5, 0.6) is 0 Å². The van der Waals surface area contributed by atoms with E-state index >= 15 is 0 Å². The summed E-state index contributed by atoms with van der Waals surface area (Å²) in [6.07, 6.45) is 0. The van der Waals surface area contributed by atoms with Crippen LogP contribution in [-0.4, -0.2) is 32.3 Å². The molecule has 1 heterocycles. The van der Waals surface area contributed by atoms with Crippen molar-refractivity contribution in [3.63, 3.8) is 0 Å². The molecule has 1 unspecified atom stereocenters. The molecule has 0 radical (unpaired) electrons. The lowest BCUT2D eigenvalue weighted by molar-refractivity contribution is -0.119. The average Bonchev–Trinajstić information content (AvgIpc) is 3.21. The molecule has 1 atom stereocenters. The Balaban J connectivity index is 1.76. The number of carbonyl (C=O) groups is 2. The number of anilines is 1. The molecule has 0 bridgehead atoms. The highest BCUT2D eigenvalue weighted by atomic mass is 32.2. The van der Waals surface area contributed by atoms with Gasteiger partial charge in [-0.05, 0) is 44.2 Å². The van der Waals surface area contributed by atoms with Crippen LogP contribution in [0.25, 0.3) is 11.3 Å². The first kappa shape index (κ1) is 23.6. The van der Waals surface area contributed by atoms with Gasteiger partial charge in [-0.2, -0.15) is 0 Å². The third kappa shape index (κ3) is 5.39. The van der Waals surface area contributed by atoms with Gasteiger partial charge in [0.1, 0.15) is 0 Å². The average molecular weight is 473 g/mol. The van der Waals surface area contributed by atoms with Crippen LogP contribution >= 0.6 is 11.3 Å². The fourth-order valence-corrected chi connectivity index (χ4v) is 4.56. The molecule has 2 amide bonds. The summed E-state index contributed by atoms with van der Waals surface area (Å²) < 4.78 is 26.3. The Bertz CT molecular complexity index is 1250. The third-order valence-corrected chi connectivity index (χ3v) is 7.05. The Hall–Kier alpha value is -3.08. The standard InChI is InChI=1S/C22H24N4O4S2/c1-13-5-10-18(32(29,30)23-4)11-19(13)21(28)26-22-25-20(12-31-22)17-8-6-16(7-9-17)14(2)24-15(3)27/h5-12,14,23H,1-4H3,(H,24,27)(H,25,26,28). The van der Waals surface area contributed by atoms with Crippen molar-refractivity contribution in [3.8, 4) is 11.3 Å². The molecule has 3 rings (SSSR count). The summed E-state index contributed by atoms with van der Waals surface area (Å²) in [6.45, 7) is 5.13.